The molecule has 2 heterocycles. The topological polar surface area (TPSA) is 41.7 Å². The zero-order chi connectivity index (χ0) is 14.0. The Labute approximate surface area is 125 Å². The lowest BCUT2D eigenvalue weighted by Crippen LogP contribution is -2.60. The molecule has 110 valence electrons. The maximum Gasteiger partial charge on any atom is 0.0663 e. The number of nitrogens with two attached hydrogens (primary N) is 1. The van der Waals surface area contributed by atoms with Gasteiger partial charge >= 0.3 is 0 Å². The van der Waals surface area contributed by atoms with E-state index >= 15 is 0 Å². The van der Waals surface area contributed by atoms with Crippen molar-refractivity contribution in [2.24, 2.45) is 5.73 Å². The molecule has 1 unspecified atom stereocenters. The van der Waals surface area contributed by atoms with Gasteiger partial charge in [-0.2, -0.15) is 0 Å². The van der Waals surface area contributed by atoms with E-state index in [0.717, 1.165) is 50.8 Å². The van der Waals surface area contributed by atoms with Crippen LogP contribution < -0.4 is 10.6 Å². The molecule has 2 N–H and O–H groups in total. The number of ether oxygens (including phenoxy) is 1. The van der Waals surface area contributed by atoms with Gasteiger partial charge in [0.1, 0.15) is 0 Å². The smallest absolute Gasteiger partial charge is 0.0663 e. The van der Waals surface area contributed by atoms with E-state index in [2.05, 4.69) is 21.9 Å². The number of hydrogen-bond donors (Lipinski definition) is 1. The molecule has 0 spiro atoms. The van der Waals surface area contributed by atoms with Gasteiger partial charge in [-0.1, -0.05) is 11.6 Å². The average Bonchev–Trinajstić information content (AvgIpc) is 2.98. The Morgan fingerprint density at radius 2 is 1.85 bits per heavy atom. The molecular formula is C15H22ClN3O. The molecule has 0 radical (unpaired) electrons. The van der Waals surface area contributed by atoms with Crippen LogP contribution in [0.25, 0.3) is 0 Å². The molecule has 2 saturated heterocycles. The van der Waals surface area contributed by atoms with Gasteiger partial charge in [-0.05, 0) is 30.7 Å². The van der Waals surface area contributed by atoms with Crippen molar-refractivity contribution in [3.63, 3.8) is 0 Å². The molecule has 0 aromatic heterocycles. The number of rotatable bonds is 3. The quantitative estimate of drug-likeness (QED) is 0.919. The number of nitrogens with zero attached hydrogens (tertiary/aromatic N) is 2. The Balaban J connectivity index is 1.63. The molecule has 1 aromatic carbocycles. The second-order valence-electron chi connectivity index (χ2n) is 5.68. The second kappa shape index (κ2) is 5.90. The summed E-state index contributed by atoms with van der Waals surface area (Å²) >= 11 is 5.94. The van der Waals surface area contributed by atoms with Crippen LogP contribution in [0.5, 0.6) is 0 Å². The van der Waals surface area contributed by atoms with Crippen LogP contribution in [0.15, 0.2) is 24.3 Å². The summed E-state index contributed by atoms with van der Waals surface area (Å²) in [5.74, 6) is 0. The van der Waals surface area contributed by atoms with E-state index in [4.69, 9.17) is 22.1 Å². The number of piperazine rings is 1. The van der Waals surface area contributed by atoms with E-state index < -0.39 is 0 Å². The summed E-state index contributed by atoms with van der Waals surface area (Å²) in [5, 5.41) is 0.789. The monoisotopic (exact) mass is 295 g/mol. The molecule has 5 heteroatoms. The molecule has 0 bridgehead atoms. The molecule has 4 nitrogen and oxygen atoms in total. The number of halogens is 1. The maximum atomic E-state index is 6.01. The van der Waals surface area contributed by atoms with Gasteiger partial charge in [0.05, 0.1) is 12.1 Å². The van der Waals surface area contributed by atoms with Crippen LogP contribution in [-0.4, -0.2) is 56.4 Å². The van der Waals surface area contributed by atoms with Crippen molar-refractivity contribution in [1.29, 1.82) is 0 Å². The van der Waals surface area contributed by atoms with Crippen molar-refractivity contribution in [2.45, 2.75) is 12.0 Å². The number of hydrogen-bond acceptors (Lipinski definition) is 4. The summed E-state index contributed by atoms with van der Waals surface area (Å²) in [4.78, 5) is 4.93. The third-order valence-electron chi connectivity index (χ3n) is 4.60. The largest absolute Gasteiger partial charge is 0.379 e. The fraction of sp³-hybridized carbons (Fsp3) is 0.600. The summed E-state index contributed by atoms with van der Waals surface area (Å²) in [5.41, 5.74) is 7.34. The van der Waals surface area contributed by atoms with Gasteiger partial charge in [-0.15, -0.1) is 0 Å². The van der Waals surface area contributed by atoms with Gasteiger partial charge in [0, 0.05) is 50.0 Å². The first-order valence-electron chi connectivity index (χ1n) is 7.27. The van der Waals surface area contributed by atoms with E-state index in [9.17, 15) is 0 Å². The van der Waals surface area contributed by atoms with Crippen LogP contribution >= 0.6 is 11.6 Å². The van der Waals surface area contributed by atoms with Gasteiger partial charge in [0.2, 0.25) is 0 Å². The van der Waals surface area contributed by atoms with Crippen LogP contribution in [0, 0.1) is 0 Å². The molecule has 0 saturated carbocycles. The Morgan fingerprint density at radius 3 is 2.40 bits per heavy atom. The minimum atomic E-state index is 0.0755. The zero-order valence-corrected chi connectivity index (χ0v) is 12.5. The summed E-state index contributed by atoms with van der Waals surface area (Å²) in [6.07, 6.45) is 1.06. The third kappa shape index (κ3) is 2.66. The highest BCUT2D eigenvalue weighted by molar-refractivity contribution is 6.30. The number of benzene rings is 1. The first-order chi connectivity index (χ1) is 9.73. The van der Waals surface area contributed by atoms with Crippen LogP contribution in [0.4, 0.5) is 5.69 Å². The Hall–Kier alpha value is -0.810. The highest BCUT2D eigenvalue weighted by atomic mass is 35.5. The molecule has 2 aliphatic heterocycles. The van der Waals surface area contributed by atoms with Crippen LogP contribution in [0.3, 0.4) is 0 Å². The van der Waals surface area contributed by atoms with Crippen molar-refractivity contribution < 1.29 is 4.74 Å². The lowest BCUT2D eigenvalue weighted by atomic mass is 9.95. The van der Waals surface area contributed by atoms with Crippen LogP contribution in [0.1, 0.15) is 6.42 Å². The molecule has 0 amide bonds. The van der Waals surface area contributed by atoms with Crippen molar-refractivity contribution >= 4 is 17.3 Å². The number of anilines is 1. The van der Waals surface area contributed by atoms with Crippen LogP contribution in [0.2, 0.25) is 5.02 Å². The zero-order valence-electron chi connectivity index (χ0n) is 11.7. The highest BCUT2D eigenvalue weighted by Gasteiger charge is 2.40. The van der Waals surface area contributed by atoms with Gasteiger partial charge in [-0.3, -0.25) is 4.90 Å². The first-order valence-corrected chi connectivity index (χ1v) is 7.65. The maximum absolute atomic E-state index is 6.01. The van der Waals surface area contributed by atoms with Gasteiger partial charge in [-0.25, -0.2) is 0 Å². The van der Waals surface area contributed by atoms with E-state index in [0.29, 0.717) is 6.54 Å². The van der Waals surface area contributed by atoms with Crippen LogP contribution in [-0.2, 0) is 4.74 Å². The first kappa shape index (κ1) is 14.1. The molecule has 2 fully saturated rings. The summed E-state index contributed by atoms with van der Waals surface area (Å²) in [6.45, 7) is 6.46. The van der Waals surface area contributed by atoms with Crippen molar-refractivity contribution in [1.82, 2.24) is 4.90 Å². The van der Waals surface area contributed by atoms with Gasteiger partial charge < -0.3 is 15.4 Å². The van der Waals surface area contributed by atoms with Gasteiger partial charge in [0.15, 0.2) is 0 Å². The highest BCUT2D eigenvalue weighted by Crippen LogP contribution is 2.28. The Morgan fingerprint density at radius 1 is 1.15 bits per heavy atom. The lowest BCUT2D eigenvalue weighted by molar-refractivity contribution is 0.0670. The molecule has 1 aromatic rings. The lowest BCUT2D eigenvalue weighted by Gasteiger charge is -2.45. The van der Waals surface area contributed by atoms with E-state index in [1.807, 2.05) is 12.1 Å². The summed E-state index contributed by atoms with van der Waals surface area (Å²) < 4.78 is 5.58. The fourth-order valence-corrected chi connectivity index (χ4v) is 3.35. The molecule has 2 aliphatic rings. The van der Waals surface area contributed by atoms with Crippen molar-refractivity contribution in [3.05, 3.63) is 29.3 Å². The average molecular weight is 296 g/mol. The van der Waals surface area contributed by atoms with E-state index in [1.165, 1.54) is 5.69 Å². The minimum Gasteiger partial charge on any atom is -0.379 e. The van der Waals surface area contributed by atoms with E-state index in [-0.39, 0.29) is 5.54 Å². The SMILES string of the molecule is NCC1(N2CCN(c3ccc(Cl)cc3)CC2)CCOC1. The summed E-state index contributed by atoms with van der Waals surface area (Å²) in [7, 11) is 0. The normalized spacial score (nSPS) is 28.0. The third-order valence-corrected chi connectivity index (χ3v) is 4.86. The Bertz CT molecular complexity index is 437. The molecule has 3 rings (SSSR count). The second-order valence-corrected chi connectivity index (χ2v) is 6.12. The van der Waals surface area contributed by atoms with Crippen molar-refractivity contribution in [3.8, 4) is 0 Å². The molecule has 0 aliphatic carbocycles. The van der Waals surface area contributed by atoms with E-state index in [1.54, 1.807) is 0 Å². The standard InChI is InChI=1S/C15H22ClN3O/c16-13-1-3-14(4-2-13)18-6-8-19(9-7-18)15(11-17)5-10-20-12-15/h1-4H,5-12,17H2. The fourth-order valence-electron chi connectivity index (χ4n) is 3.23. The predicted molar refractivity (Wildman–Crippen MR) is 82.5 cm³/mol. The van der Waals surface area contributed by atoms with Crippen molar-refractivity contribution in [2.75, 3.05) is 50.8 Å². The van der Waals surface area contributed by atoms with Gasteiger partial charge in [0.25, 0.3) is 0 Å². The molecular weight excluding hydrogens is 274 g/mol. The Kier molecular flexibility index (Phi) is 4.17. The minimum absolute atomic E-state index is 0.0755. The molecule has 1 atom stereocenters. The summed E-state index contributed by atoms with van der Waals surface area (Å²) in [6, 6.07) is 8.09. The predicted octanol–water partition coefficient (Wildman–Crippen LogP) is 1.58. The molecule has 20 heavy (non-hydrogen) atoms.